The van der Waals surface area contributed by atoms with Crippen molar-refractivity contribution in [1.82, 2.24) is 19.6 Å². The zero-order chi connectivity index (χ0) is 22.1. The molecule has 0 N–H and O–H groups in total. The van der Waals surface area contributed by atoms with E-state index >= 15 is 0 Å². The second-order valence-corrected chi connectivity index (χ2v) is 8.41. The number of benzene rings is 2. The first kappa shape index (κ1) is 20.5. The van der Waals surface area contributed by atoms with Gasteiger partial charge in [-0.1, -0.05) is 36.4 Å². The van der Waals surface area contributed by atoms with Gasteiger partial charge in [0.05, 0.1) is 12.2 Å². The molecule has 3 heterocycles. The third-order valence-electron chi connectivity index (χ3n) is 6.31. The van der Waals surface area contributed by atoms with Crippen LogP contribution in [0.3, 0.4) is 0 Å². The van der Waals surface area contributed by atoms with Gasteiger partial charge in [0, 0.05) is 44.1 Å². The van der Waals surface area contributed by atoms with Crippen LogP contribution in [0.2, 0.25) is 0 Å². The molecule has 1 fully saturated rings. The van der Waals surface area contributed by atoms with Crippen LogP contribution < -0.4 is 4.90 Å². The summed E-state index contributed by atoms with van der Waals surface area (Å²) in [5, 5.41) is 4.55. The van der Waals surface area contributed by atoms with Crippen LogP contribution in [0.4, 0.5) is 5.69 Å². The number of nitrogens with zero attached hydrogens (tertiary/aromatic N) is 5. The summed E-state index contributed by atoms with van der Waals surface area (Å²) in [6.45, 7) is 5.66. The van der Waals surface area contributed by atoms with E-state index in [1.165, 1.54) is 5.56 Å². The molecule has 32 heavy (non-hydrogen) atoms. The van der Waals surface area contributed by atoms with Crippen LogP contribution in [0.15, 0.2) is 60.7 Å². The van der Waals surface area contributed by atoms with Gasteiger partial charge in [0.2, 0.25) is 5.91 Å². The average molecular weight is 430 g/mol. The van der Waals surface area contributed by atoms with Crippen molar-refractivity contribution in [2.45, 2.75) is 13.3 Å². The molecule has 0 aliphatic carbocycles. The summed E-state index contributed by atoms with van der Waals surface area (Å²) in [4.78, 5) is 31.8. The maximum atomic E-state index is 13.0. The number of piperazine rings is 1. The highest BCUT2D eigenvalue weighted by Gasteiger charge is 2.29. The molecule has 2 aromatic carbocycles. The average Bonchev–Trinajstić information content (AvgIpc) is 3.43. The maximum absolute atomic E-state index is 13.0. The van der Waals surface area contributed by atoms with Crippen molar-refractivity contribution in [2.24, 2.45) is 0 Å². The minimum atomic E-state index is -0.0535. The molecule has 2 aliphatic rings. The van der Waals surface area contributed by atoms with Gasteiger partial charge >= 0.3 is 0 Å². The molecule has 0 radical (unpaired) electrons. The second-order valence-electron chi connectivity index (χ2n) is 8.41. The molecule has 0 unspecified atom stereocenters. The highest BCUT2D eigenvalue weighted by Crippen LogP contribution is 2.27. The summed E-state index contributed by atoms with van der Waals surface area (Å²) in [6.07, 6.45) is 0.916. The number of amides is 2. The normalized spacial score (nSPS) is 16.3. The molecule has 0 saturated carbocycles. The molecule has 2 amide bonds. The molecule has 164 valence electrons. The van der Waals surface area contributed by atoms with E-state index in [2.05, 4.69) is 16.1 Å². The van der Waals surface area contributed by atoms with E-state index in [0.717, 1.165) is 30.0 Å². The standard InChI is InChI=1S/C25H27N5O2/c1-19-17-22(26-30(19)21-8-3-2-4-9-21)25(32)28-15-13-27(14-16-28)18-24(31)29-12-11-20-7-5-6-10-23(20)29/h2-10,17H,11-16,18H2,1H3. The molecular formula is C25H27N5O2. The number of para-hydroxylation sites is 2. The van der Waals surface area contributed by atoms with Crippen molar-refractivity contribution >= 4 is 17.5 Å². The molecule has 0 spiro atoms. The van der Waals surface area contributed by atoms with Gasteiger partial charge in [0.1, 0.15) is 0 Å². The lowest BCUT2D eigenvalue weighted by atomic mass is 10.2. The number of carbonyl (C=O) groups excluding carboxylic acids is 2. The van der Waals surface area contributed by atoms with Gasteiger partial charge in [-0.15, -0.1) is 0 Å². The first-order valence-electron chi connectivity index (χ1n) is 11.1. The third-order valence-corrected chi connectivity index (χ3v) is 6.31. The van der Waals surface area contributed by atoms with Crippen LogP contribution in [-0.4, -0.2) is 70.7 Å². The zero-order valence-electron chi connectivity index (χ0n) is 18.3. The van der Waals surface area contributed by atoms with Crippen LogP contribution in [0.1, 0.15) is 21.7 Å². The van der Waals surface area contributed by atoms with Crippen molar-refractivity contribution in [3.8, 4) is 5.69 Å². The molecule has 0 bridgehead atoms. The Morgan fingerprint density at radius 3 is 2.41 bits per heavy atom. The largest absolute Gasteiger partial charge is 0.335 e. The van der Waals surface area contributed by atoms with Crippen LogP contribution in [-0.2, 0) is 11.2 Å². The quantitative estimate of drug-likeness (QED) is 0.640. The minimum absolute atomic E-state index is 0.0535. The number of anilines is 1. The fourth-order valence-corrected chi connectivity index (χ4v) is 4.55. The van der Waals surface area contributed by atoms with Gasteiger partial charge in [0.25, 0.3) is 5.91 Å². The van der Waals surface area contributed by atoms with Gasteiger partial charge in [0.15, 0.2) is 5.69 Å². The lowest BCUT2D eigenvalue weighted by molar-refractivity contribution is -0.120. The van der Waals surface area contributed by atoms with Crippen LogP contribution in [0.5, 0.6) is 0 Å². The van der Waals surface area contributed by atoms with Gasteiger partial charge in [-0.3, -0.25) is 14.5 Å². The Hall–Kier alpha value is -3.45. The number of hydrogen-bond donors (Lipinski definition) is 0. The monoisotopic (exact) mass is 429 g/mol. The molecule has 5 rings (SSSR count). The van der Waals surface area contributed by atoms with E-state index in [-0.39, 0.29) is 11.8 Å². The highest BCUT2D eigenvalue weighted by atomic mass is 16.2. The smallest absolute Gasteiger partial charge is 0.274 e. The van der Waals surface area contributed by atoms with Gasteiger partial charge in [-0.2, -0.15) is 5.10 Å². The molecular weight excluding hydrogens is 402 g/mol. The number of fused-ring (bicyclic) bond motifs is 1. The molecule has 0 atom stereocenters. The van der Waals surface area contributed by atoms with Crippen molar-refractivity contribution < 1.29 is 9.59 Å². The lowest BCUT2D eigenvalue weighted by Gasteiger charge is -2.34. The second kappa shape index (κ2) is 8.59. The van der Waals surface area contributed by atoms with Crippen LogP contribution in [0.25, 0.3) is 5.69 Å². The third kappa shape index (κ3) is 3.91. The number of carbonyl (C=O) groups is 2. The topological polar surface area (TPSA) is 61.7 Å². The SMILES string of the molecule is Cc1cc(C(=O)N2CCN(CC(=O)N3CCc4ccccc43)CC2)nn1-c1ccccc1. The summed E-state index contributed by atoms with van der Waals surface area (Å²) < 4.78 is 1.80. The maximum Gasteiger partial charge on any atom is 0.274 e. The number of aromatic nitrogens is 2. The summed E-state index contributed by atoms with van der Waals surface area (Å²) in [6, 6.07) is 19.8. The Morgan fingerprint density at radius 1 is 0.906 bits per heavy atom. The van der Waals surface area contributed by atoms with E-state index < -0.39 is 0 Å². The number of hydrogen-bond acceptors (Lipinski definition) is 4. The van der Waals surface area contributed by atoms with Crippen molar-refractivity contribution in [1.29, 1.82) is 0 Å². The van der Waals surface area contributed by atoms with Crippen LogP contribution >= 0.6 is 0 Å². The Labute approximate surface area is 187 Å². The fraction of sp³-hybridized carbons (Fsp3) is 0.320. The van der Waals surface area contributed by atoms with E-state index in [1.54, 1.807) is 4.68 Å². The number of aryl methyl sites for hydroxylation is 1. The molecule has 1 aromatic heterocycles. The highest BCUT2D eigenvalue weighted by molar-refractivity contribution is 5.97. The number of rotatable bonds is 4. The fourth-order valence-electron chi connectivity index (χ4n) is 4.55. The van der Waals surface area contributed by atoms with Crippen molar-refractivity contribution in [2.75, 3.05) is 44.2 Å². The lowest BCUT2D eigenvalue weighted by Crippen LogP contribution is -2.51. The zero-order valence-corrected chi connectivity index (χ0v) is 18.3. The molecule has 2 aliphatic heterocycles. The Balaban J connectivity index is 1.18. The van der Waals surface area contributed by atoms with Crippen LogP contribution in [0, 0.1) is 6.92 Å². The predicted octanol–water partition coefficient (Wildman–Crippen LogP) is 2.53. The van der Waals surface area contributed by atoms with Gasteiger partial charge < -0.3 is 9.80 Å². The Kier molecular flexibility index (Phi) is 5.49. The molecule has 3 aromatic rings. The van der Waals surface area contributed by atoms with Gasteiger partial charge in [-0.05, 0) is 43.2 Å². The summed E-state index contributed by atoms with van der Waals surface area (Å²) >= 11 is 0. The Bertz CT molecular complexity index is 1130. The predicted molar refractivity (Wildman–Crippen MR) is 123 cm³/mol. The molecule has 7 heteroatoms. The van der Waals surface area contributed by atoms with Gasteiger partial charge in [-0.25, -0.2) is 4.68 Å². The van der Waals surface area contributed by atoms with E-state index in [4.69, 9.17) is 0 Å². The first-order chi connectivity index (χ1) is 15.6. The minimum Gasteiger partial charge on any atom is -0.335 e. The van der Waals surface area contributed by atoms with E-state index in [0.29, 0.717) is 38.4 Å². The summed E-state index contributed by atoms with van der Waals surface area (Å²) in [5.41, 5.74) is 4.60. The van der Waals surface area contributed by atoms with E-state index in [9.17, 15) is 9.59 Å². The molecule has 7 nitrogen and oxygen atoms in total. The molecule has 1 saturated heterocycles. The van der Waals surface area contributed by atoms with Crippen molar-refractivity contribution in [3.63, 3.8) is 0 Å². The van der Waals surface area contributed by atoms with Crippen molar-refractivity contribution in [3.05, 3.63) is 77.6 Å². The summed E-state index contributed by atoms with van der Waals surface area (Å²) in [5.74, 6) is 0.0779. The van der Waals surface area contributed by atoms with E-state index in [1.807, 2.05) is 71.3 Å². The Morgan fingerprint density at radius 2 is 1.62 bits per heavy atom. The summed E-state index contributed by atoms with van der Waals surface area (Å²) in [7, 11) is 0. The first-order valence-corrected chi connectivity index (χ1v) is 11.1.